The van der Waals surface area contributed by atoms with Gasteiger partial charge in [0.25, 0.3) is 0 Å². The van der Waals surface area contributed by atoms with Crippen LogP contribution in [0.15, 0.2) is 36.7 Å². The molecule has 1 amide bonds. The summed E-state index contributed by atoms with van der Waals surface area (Å²) in [6.45, 7) is 1.50. The Labute approximate surface area is 224 Å². The third-order valence-electron chi connectivity index (χ3n) is 8.63. The highest BCUT2D eigenvalue weighted by Gasteiger charge is 2.27. The summed E-state index contributed by atoms with van der Waals surface area (Å²) in [7, 11) is 0. The van der Waals surface area contributed by atoms with Crippen LogP contribution < -0.4 is 16.4 Å². The number of benzene rings is 1. The molecule has 3 aromatic rings. The second-order valence-corrected chi connectivity index (χ2v) is 11.4. The van der Waals surface area contributed by atoms with E-state index in [0.29, 0.717) is 30.5 Å². The molecule has 0 spiro atoms. The second kappa shape index (κ2) is 11.3. The zero-order valence-electron chi connectivity index (χ0n) is 22.2. The number of fused-ring (bicyclic) bond motifs is 1. The van der Waals surface area contributed by atoms with Crippen LogP contribution in [0.25, 0.3) is 11.2 Å². The van der Waals surface area contributed by atoms with Gasteiger partial charge in [0.2, 0.25) is 11.9 Å². The number of nitrogens with one attached hydrogen (secondary N) is 2. The van der Waals surface area contributed by atoms with E-state index in [1.54, 1.807) is 0 Å². The first kappa shape index (κ1) is 25.1. The van der Waals surface area contributed by atoms with Crippen molar-refractivity contribution in [2.75, 3.05) is 23.7 Å². The van der Waals surface area contributed by atoms with Crippen LogP contribution in [0.3, 0.4) is 0 Å². The van der Waals surface area contributed by atoms with Gasteiger partial charge < -0.3 is 25.8 Å². The van der Waals surface area contributed by atoms with Gasteiger partial charge >= 0.3 is 0 Å². The highest BCUT2D eigenvalue weighted by molar-refractivity contribution is 5.84. The molecule has 2 aliphatic carbocycles. The smallest absolute Gasteiger partial charge is 0.227 e. The van der Waals surface area contributed by atoms with Crippen LogP contribution in [0.5, 0.6) is 0 Å². The third kappa shape index (κ3) is 5.62. The van der Waals surface area contributed by atoms with Gasteiger partial charge in [-0.3, -0.25) is 4.79 Å². The lowest BCUT2D eigenvalue weighted by atomic mass is 9.92. The van der Waals surface area contributed by atoms with Crippen LogP contribution in [0, 0.1) is 0 Å². The van der Waals surface area contributed by atoms with Crippen LogP contribution in [0.1, 0.15) is 75.8 Å². The average Bonchev–Trinajstić information content (AvgIpc) is 3.61. The summed E-state index contributed by atoms with van der Waals surface area (Å²) < 4.78 is 2.27. The normalized spacial score (nSPS) is 23.1. The van der Waals surface area contributed by atoms with Gasteiger partial charge in [0.05, 0.1) is 12.7 Å². The number of carbonyl (C=O) groups excluding carboxylic acids is 1. The minimum absolute atomic E-state index is 0.202. The Morgan fingerprint density at radius 1 is 0.895 bits per heavy atom. The second-order valence-electron chi connectivity index (χ2n) is 11.4. The molecule has 3 fully saturated rings. The first-order valence-corrected chi connectivity index (χ1v) is 14.5. The van der Waals surface area contributed by atoms with Crippen molar-refractivity contribution in [2.45, 2.75) is 94.8 Å². The van der Waals surface area contributed by atoms with E-state index >= 15 is 0 Å². The topological polar surface area (TPSA) is 114 Å². The lowest BCUT2D eigenvalue weighted by Crippen LogP contribution is -2.43. The van der Waals surface area contributed by atoms with E-state index in [9.17, 15) is 4.79 Å². The molecule has 9 nitrogen and oxygen atoms in total. The number of carbonyl (C=O) groups is 1. The van der Waals surface area contributed by atoms with Crippen molar-refractivity contribution < 1.29 is 4.79 Å². The van der Waals surface area contributed by atoms with Crippen LogP contribution >= 0.6 is 0 Å². The van der Waals surface area contributed by atoms with Gasteiger partial charge in [0.15, 0.2) is 17.0 Å². The molecule has 4 N–H and O–H groups in total. The number of nitrogens with zero attached hydrogens (tertiary/aromatic N) is 5. The van der Waals surface area contributed by atoms with Gasteiger partial charge in [0, 0.05) is 37.3 Å². The number of piperidine rings is 1. The molecule has 0 atom stereocenters. The SMILES string of the molecule is NC1CCC(Nc2nc(NC3CCN(C(=O)Cc4ccccc4)CC3)c3ncn(C4CCCC4)c3n2)CC1. The monoisotopic (exact) mass is 516 g/mol. The lowest BCUT2D eigenvalue weighted by Gasteiger charge is -2.33. The number of imidazole rings is 1. The van der Waals surface area contributed by atoms with Gasteiger partial charge in [-0.1, -0.05) is 43.2 Å². The number of likely N-dealkylation sites (tertiary alicyclic amines) is 1. The summed E-state index contributed by atoms with van der Waals surface area (Å²) in [5.41, 5.74) is 8.96. The number of rotatable bonds is 7. The molecule has 0 bridgehead atoms. The van der Waals surface area contributed by atoms with Crippen molar-refractivity contribution in [3.63, 3.8) is 0 Å². The molecule has 0 unspecified atom stereocenters. The number of aromatic nitrogens is 4. The maximum atomic E-state index is 12.8. The zero-order valence-corrected chi connectivity index (χ0v) is 22.2. The first-order valence-electron chi connectivity index (χ1n) is 14.5. The Balaban J connectivity index is 1.17. The Kier molecular flexibility index (Phi) is 7.44. The standard InChI is InChI=1S/C29H40N8O/c30-21-10-12-22(13-11-21)33-29-34-27(26-28(35-29)37(19-31-26)24-8-4-5-9-24)32-23-14-16-36(17-15-23)25(38)18-20-6-2-1-3-7-20/h1-3,6-7,19,21-24H,4-5,8-18,30H2,(H2,32,33,34,35). The van der Waals surface area contributed by atoms with Gasteiger partial charge in [-0.2, -0.15) is 9.97 Å². The average molecular weight is 517 g/mol. The molecule has 9 heteroatoms. The van der Waals surface area contributed by atoms with E-state index in [0.717, 1.165) is 74.2 Å². The summed E-state index contributed by atoms with van der Waals surface area (Å²) in [5, 5.41) is 7.31. The van der Waals surface area contributed by atoms with E-state index in [1.807, 2.05) is 41.6 Å². The number of hydrogen-bond acceptors (Lipinski definition) is 7. The van der Waals surface area contributed by atoms with E-state index in [2.05, 4.69) is 15.2 Å². The molecule has 6 rings (SSSR count). The Morgan fingerprint density at radius 2 is 1.61 bits per heavy atom. The van der Waals surface area contributed by atoms with E-state index < -0.39 is 0 Å². The first-order chi connectivity index (χ1) is 18.6. The molecule has 202 valence electrons. The largest absolute Gasteiger partial charge is 0.365 e. The van der Waals surface area contributed by atoms with Crippen molar-refractivity contribution in [1.82, 2.24) is 24.4 Å². The molecule has 2 aromatic heterocycles. The number of amides is 1. The van der Waals surface area contributed by atoms with Crippen LogP contribution in [0.2, 0.25) is 0 Å². The molecular weight excluding hydrogens is 476 g/mol. The molecular formula is C29H40N8O. The fraction of sp³-hybridized carbons (Fsp3) is 0.586. The zero-order chi connectivity index (χ0) is 25.9. The molecule has 3 heterocycles. The fourth-order valence-electron chi connectivity index (χ4n) is 6.33. The van der Waals surface area contributed by atoms with Gasteiger partial charge in [-0.05, 0) is 56.9 Å². The maximum Gasteiger partial charge on any atom is 0.227 e. The summed E-state index contributed by atoms with van der Waals surface area (Å²) in [6.07, 6.45) is 13.2. The number of hydrogen-bond donors (Lipinski definition) is 3. The molecule has 38 heavy (non-hydrogen) atoms. The number of anilines is 2. The van der Waals surface area contributed by atoms with Crippen LogP contribution in [-0.4, -0.2) is 61.5 Å². The Hall–Kier alpha value is -3.20. The highest BCUT2D eigenvalue weighted by atomic mass is 16.2. The van der Waals surface area contributed by atoms with Crippen molar-refractivity contribution in [2.24, 2.45) is 5.73 Å². The van der Waals surface area contributed by atoms with Crippen molar-refractivity contribution >= 4 is 28.8 Å². The summed E-state index contributed by atoms with van der Waals surface area (Å²) in [4.78, 5) is 29.5. The van der Waals surface area contributed by atoms with Crippen LogP contribution in [0.4, 0.5) is 11.8 Å². The Bertz CT molecular complexity index is 1220. The molecule has 1 saturated heterocycles. The maximum absolute atomic E-state index is 12.8. The quantitative estimate of drug-likeness (QED) is 0.430. The van der Waals surface area contributed by atoms with E-state index in [4.69, 9.17) is 20.7 Å². The minimum atomic E-state index is 0.202. The predicted molar refractivity (Wildman–Crippen MR) is 150 cm³/mol. The third-order valence-corrected chi connectivity index (χ3v) is 8.63. The molecule has 1 aliphatic heterocycles. The number of nitrogens with two attached hydrogens (primary N) is 1. The lowest BCUT2D eigenvalue weighted by molar-refractivity contribution is -0.131. The summed E-state index contributed by atoms with van der Waals surface area (Å²) >= 11 is 0. The van der Waals surface area contributed by atoms with Crippen molar-refractivity contribution in [1.29, 1.82) is 0 Å². The van der Waals surface area contributed by atoms with E-state index in [1.165, 1.54) is 25.7 Å². The van der Waals surface area contributed by atoms with Crippen molar-refractivity contribution in [3.8, 4) is 0 Å². The van der Waals surface area contributed by atoms with E-state index in [-0.39, 0.29) is 11.9 Å². The fourth-order valence-corrected chi connectivity index (χ4v) is 6.33. The van der Waals surface area contributed by atoms with Gasteiger partial charge in [-0.25, -0.2) is 4.98 Å². The van der Waals surface area contributed by atoms with Gasteiger partial charge in [-0.15, -0.1) is 0 Å². The Morgan fingerprint density at radius 3 is 2.34 bits per heavy atom. The molecule has 2 saturated carbocycles. The summed E-state index contributed by atoms with van der Waals surface area (Å²) in [5.74, 6) is 1.68. The van der Waals surface area contributed by atoms with Crippen molar-refractivity contribution in [3.05, 3.63) is 42.2 Å². The molecule has 0 radical (unpaired) electrons. The molecule has 1 aromatic carbocycles. The van der Waals surface area contributed by atoms with Gasteiger partial charge in [0.1, 0.15) is 0 Å². The molecule has 3 aliphatic rings. The van der Waals surface area contributed by atoms with Crippen LogP contribution in [-0.2, 0) is 11.2 Å². The predicted octanol–water partition coefficient (Wildman–Crippen LogP) is 4.27. The minimum Gasteiger partial charge on any atom is -0.365 e. The highest BCUT2D eigenvalue weighted by Crippen LogP contribution is 2.34. The summed E-state index contributed by atoms with van der Waals surface area (Å²) in [6, 6.07) is 11.4.